The smallest absolute Gasteiger partial charge is 0.412 e. The Hall–Kier alpha value is -3.80. The summed E-state index contributed by atoms with van der Waals surface area (Å²) in [6.07, 6.45) is 9.36. The van der Waals surface area contributed by atoms with Gasteiger partial charge in [-0.3, -0.25) is 9.88 Å². The number of carboxylic acid groups (broad SMARTS) is 1. The van der Waals surface area contributed by atoms with Crippen molar-refractivity contribution < 1.29 is 19.4 Å². The Balaban J connectivity index is 1.77. The molecule has 1 fully saturated rings. The number of pyridine rings is 1. The van der Waals surface area contributed by atoms with E-state index in [0.29, 0.717) is 11.4 Å². The molecule has 0 spiro atoms. The molecule has 1 amide bonds. The van der Waals surface area contributed by atoms with Gasteiger partial charge < -0.3 is 14.6 Å². The number of amides is 1. The second-order valence-electron chi connectivity index (χ2n) is 10.1. The lowest BCUT2D eigenvalue weighted by Crippen LogP contribution is -2.45. The van der Waals surface area contributed by atoms with Crippen molar-refractivity contribution >= 4 is 23.4 Å². The molecular formula is C30H34N2O4. The monoisotopic (exact) mass is 486 g/mol. The number of ether oxygens (including phenoxy) is 2. The van der Waals surface area contributed by atoms with Crippen LogP contribution < -0.4 is 14.4 Å². The van der Waals surface area contributed by atoms with Crippen LogP contribution in [-0.4, -0.2) is 34.9 Å². The number of hydrogen-bond acceptors (Lipinski definition) is 4. The van der Waals surface area contributed by atoms with Crippen molar-refractivity contribution in [3.8, 4) is 11.5 Å². The maximum Gasteiger partial charge on any atom is 0.412 e. The van der Waals surface area contributed by atoms with Gasteiger partial charge in [0.1, 0.15) is 0 Å². The van der Waals surface area contributed by atoms with E-state index in [4.69, 9.17) is 9.47 Å². The van der Waals surface area contributed by atoms with Crippen LogP contribution in [0, 0.1) is 0 Å². The number of rotatable bonds is 7. The van der Waals surface area contributed by atoms with Gasteiger partial charge in [0, 0.05) is 23.6 Å². The van der Waals surface area contributed by atoms with Crippen LogP contribution in [-0.2, 0) is 0 Å². The van der Waals surface area contributed by atoms with Gasteiger partial charge >= 0.3 is 6.09 Å². The Morgan fingerprint density at radius 1 is 0.972 bits per heavy atom. The van der Waals surface area contributed by atoms with E-state index in [2.05, 4.69) is 11.1 Å². The van der Waals surface area contributed by atoms with E-state index >= 15 is 0 Å². The fraction of sp³-hybridized carbons (Fsp3) is 0.333. The molecule has 0 atom stereocenters. The third-order valence-corrected chi connectivity index (χ3v) is 6.39. The molecule has 4 rings (SSSR count). The van der Waals surface area contributed by atoms with E-state index in [0.717, 1.165) is 40.9 Å². The molecule has 0 aliphatic heterocycles. The molecule has 3 aromatic rings. The second kappa shape index (κ2) is 10.9. The van der Waals surface area contributed by atoms with Gasteiger partial charge in [-0.05, 0) is 111 Å². The highest BCUT2D eigenvalue weighted by Crippen LogP contribution is 2.37. The molecule has 1 saturated carbocycles. The van der Waals surface area contributed by atoms with Crippen LogP contribution in [0.5, 0.6) is 11.5 Å². The number of nitrogens with zero attached hydrogens (tertiary/aromatic N) is 2. The number of hydrogen-bond donors (Lipinski definition) is 1. The van der Waals surface area contributed by atoms with Crippen LogP contribution in [0.15, 0.2) is 67.0 Å². The molecule has 36 heavy (non-hydrogen) atoms. The van der Waals surface area contributed by atoms with Crippen molar-refractivity contribution in [2.45, 2.75) is 58.1 Å². The number of anilines is 1. The Bertz CT molecular complexity index is 1210. The fourth-order valence-electron chi connectivity index (χ4n) is 4.66. The quantitative estimate of drug-likeness (QED) is 0.380. The summed E-state index contributed by atoms with van der Waals surface area (Å²) < 4.78 is 12.0. The average molecular weight is 487 g/mol. The number of methoxy groups -OCH3 is 1. The third-order valence-electron chi connectivity index (χ3n) is 6.39. The molecule has 1 aromatic heterocycles. The summed E-state index contributed by atoms with van der Waals surface area (Å²) in [6, 6.07) is 17.6. The first-order chi connectivity index (χ1) is 17.3. The Morgan fingerprint density at radius 3 is 2.19 bits per heavy atom. The van der Waals surface area contributed by atoms with Crippen molar-refractivity contribution in [2.75, 3.05) is 12.0 Å². The van der Waals surface area contributed by atoms with Gasteiger partial charge in [-0.25, -0.2) is 4.79 Å². The van der Waals surface area contributed by atoms with E-state index in [1.165, 1.54) is 17.7 Å². The summed E-state index contributed by atoms with van der Waals surface area (Å²) in [4.78, 5) is 17.5. The van der Waals surface area contributed by atoms with Crippen molar-refractivity contribution in [1.29, 1.82) is 0 Å². The lowest BCUT2D eigenvalue weighted by Gasteiger charge is -2.33. The van der Waals surface area contributed by atoms with E-state index in [1.54, 1.807) is 19.5 Å². The van der Waals surface area contributed by atoms with E-state index in [1.807, 2.05) is 75.4 Å². The summed E-state index contributed by atoms with van der Waals surface area (Å²) in [6.45, 7) is 5.65. The Morgan fingerprint density at radius 2 is 1.61 bits per heavy atom. The Labute approximate surface area is 213 Å². The standard InChI is InChI=1S/C30H34N2O4/c1-30(2,3)32(29(33)34)24-12-9-22(10-13-24)26(19-21-15-17-31-18-16-21)23-11-14-27(35-4)28(20-23)36-25-7-5-6-8-25/h9-20,25H,5-8H2,1-4H3,(H,33,34)/b26-19-. The van der Waals surface area contributed by atoms with E-state index in [9.17, 15) is 9.90 Å². The molecule has 2 aromatic carbocycles. The van der Waals surface area contributed by atoms with Crippen LogP contribution in [0.4, 0.5) is 10.5 Å². The second-order valence-corrected chi connectivity index (χ2v) is 10.1. The molecular weight excluding hydrogens is 452 g/mol. The maximum atomic E-state index is 12.0. The predicted molar refractivity (Wildman–Crippen MR) is 144 cm³/mol. The highest BCUT2D eigenvalue weighted by Gasteiger charge is 2.28. The summed E-state index contributed by atoms with van der Waals surface area (Å²) in [7, 11) is 1.66. The minimum atomic E-state index is -0.980. The fourth-order valence-corrected chi connectivity index (χ4v) is 4.66. The minimum Gasteiger partial charge on any atom is -0.493 e. The minimum absolute atomic E-state index is 0.209. The van der Waals surface area contributed by atoms with E-state index < -0.39 is 11.6 Å². The van der Waals surface area contributed by atoms with Crippen molar-refractivity contribution in [3.63, 3.8) is 0 Å². The first-order valence-corrected chi connectivity index (χ1v) is 12.4. The molecule has 6 heteroatoms. The predicted octanol–water partition coefficient (Wildman–Crippen LogP) is 7.28. The number of carbonyl (C=O) groups is 1. The van der Waals surface area contributed by atoms with Crippen molar-refractivity contribution in [2.24, 2.45) is 0 Å². The summed E-state index contributed by atoms with van der Waals surface area (Å²) in [5.41, 5.74) is 4.02. The molecule has 1 aliphatic rings. The molecule has 1 aliphatic carbocycles. The van der Waals surface area contributed by atoms with Crippen molar-refractivity contribution in [3.05, 3.63) is 83.7 Å². The van der Waals surface area contributed by atoms with Crippen LogP contribution >= 0.6 is 0 Å². The largest absolute Gasteiger partial charge is 0.493 e. The molecule has 1 heterocycles. The topological polar surface area (TPSA) is 71.9 Å². The summed E-state index contributed by atoms with van der Waals surface area (Å²) >= 11 is 0. The van der Waals surface area contributed by atoms with Crippen molar-refractivity contribution in [1.82, 2.24) is 4.98 Å². The molecule has 0 unspecified atom stereocenters. The van der Waals surface area contributed by atoms with Gasteiger partial charge in [-0.2, -0.15) is 0 Å². The summed E-state index contributed by atoms with van der Waals surface area (Å²) in [5, 5.41) is 9.79. The van der Waals surface area contributed by atoms with Crippen LogP contribution in [0.3, 0.4) is 0 Å². The van der Waals surface area contributed by atoms with Gasteiger partial charge in [-0.15, -0.1) is 0 Å². The normalized spacial score (nSPS) is 14.5. The zero-order chi connectivity index (χ0) is 25.7. The Kier molecular flexibility index (Phi) is 7.63. The SMILES string of the molecule is COc1ccc(/C(=C\c2ccncc2)c2ccc(N(C(=O)O)C(C)(C)C)cc2)cc1OC1CCCC1. The van der Waals surface area contributed by atoms with Crippen LogP contribution in [0.1, 0.15) is 63.1 Å². The molecule has 0 bridgehead atoms. The van der Waals surface area contributed by atoms with Gasteiger partial charge in [0.2, 0.25) is 0 Å². The first kappa shape index (κ1) is 25.3. The zero-order valence-electron chi connectivity index (χ0n) is 21.4. The molecule has 0 radical (unpaired) electrons. The van der Waals surface area contributed by atoms with Gasteiger partial charge in [-0.1, -0.05) is 18.2 Å². The summed E-state index contributed by atoms with van der Waals surface area (Å²) in [5.74, 6) is 1.45. The first-order valence-electron chi connectivity index (χ1n) is 12.4. The van der Waals surface area contributed by atoms with Crippen LogP contribution in [0.25, 0.3) is 11.6 Å². The average Bonchev–Trinajstić information content (AvgIpc) is 3.36. The van der Waals surface area contributed by atoms with E-state index in [-0.39, 0.29) is 6.10 Å². The lowest BCUT2D eigenvalue weighted by molar-refractivity contribution is 0.195. The molecule has 0 saturated heterocycles. The number of aromatic nitrogens is 1. The zero-order valence-corrected chi connectivity index (χ0v) is 21.4. The third kappa shape index (κ3) is 5.88. The van der Waals surface area contributed by atoms with Gasteiger partial charge in [0.15, 0.2) is 11.5 Å². The number of benzene rings is 2. The molecule has 6 nitrogen and oxygen atoms in total. The molecule has 1 N–H and O–H groups in total. The maximum absolute atomic E-state index is 12.0. The van der Waals surface area contributed by atoms with Crippen LogP contribution in [0.2, 0.25) is 0 Å². The highest BCUT2D eigenvalue weighted by atomic mass is 16.5. The highest BCUT2D eigenvalue weighted by molar-refractivity contribution is 5.93. The van der Waals surface area contributed by atoms with Gasteiger partial charge in [0.05, 0.1) is 13.2 Å². The molecule has 188 valence electrons. The van der Waals surface area contributed by atoms with Gasteiger partial charge in [0.25, 0.3) is 0 Å². The lowest BCUT2D eigenvalue weighted by atomic mass is 9.95.